The Labute approximate surface area is 168 Å². The average Bonchev–Trinajstić information content (AvgIpc) is 3.16. The number of carbonyl (C=O) groups is 1. The van der Waals surface area contributed by atoms with E-state index in [2.05, 4.69) is 0 Å². The minimum absolute atomic E-state index is 0. The molecule has 3 rings (SSSR count). The maximum atomic E-state index is 12.9. The van der Waals surface area contributed by atoms with Crippen LogP contribution in [0.15, 0.2) is 29.2 Å². The van der Waals surface area contributed by atoms with Crippen LogP contribution in [0, 0.1) is 0 Å². The Balaban J connectivity index is 0.00000261. The van der Waals surface area contributed by atoms with Crippen molar-refractivity contribution < 1.29 is 13.2 Å². The van der Waals surface area contributed by atoms with Gasteiger partial charge in [-0.2, -0.15) is 4.31 Å². The number of hydrogen-bond acceptors (Lipinski definition) is 4. The molecule has 1 atom stereocenters. The van der Waals surface area contributed by atoms with Gasteiger partial charge in [0.2, 0.25) is 10.0 Å². The summed E-state index contributed by atoms with van der Waals surface area (Å²) in [6, 6.07) is 6.50. The number of nitrogens with two attached hydrogens (primary N) is 1. The van der Waals surface area contributed by atoms with Crippen molar-refractivity contribution in [1.82, 2.24) is 9.21 Å². The Morgan fingerprint density at radius 2 is 1.74 bits per heavy atom. The molecule has 0 spiro atoms. The molecule has 2 aliphatic rings. The predicted molar refractivity (Wildman–Crippen MR) is 109 cm³/mol. The molecule has 0 radical (unpaired) electrons. The molecule has 1 amide bonds. The van der Waals surface area contributed by atoms with E-state index in [0.29, 0.717) is 18.7 Å². The van der Waals surface area contributed by atoms with E-state index in [9.17, 15) is 13.2 Å². The van der Waals surface area contributed by atoms with E-state index in [-0.39, 0.29) is 35.3 Å². The fourth-order valence-corrected chi connectivity index (χ4v) is 5.51. The lowest BCUT2D eigenvalue weighted by molar-refractivity contribution is 0.0741. The van der Waals surface area contributed by atoms with Crippen LogP contribution in [0.5, 0.6) is 0 Å². The predicted octanol–water partition coefficient (Wildman–Crippen LogP) is 2.62. The van der Waals surface area contributed by atoms with Crippen molar-refractivity contribution in [2.75, 3.05) is 20.1 Å². The van der Waals surface area contributed by atoms with Crippen molar-refractivity contribution in [3.63, 3.8) is 0 Å². The first-order valence-corrected chi connectivity index (χ1v) is 11.0. The molecule has 2 N–H and O–H groups in total. The van der Waals surface area contributed by atoms with Gasteiger partial charge in [0.15, 0.2) is 0 Å². The lowest BCUT2D eigenvalue weighted by Crippen LogP contribution is -2.40. The number of hydrogen-bond donors (Lipinski definition) is 1. The second-order valence-electron chi connectivity index (χ2n) is 7.37. The number of benzene rings is 1. The first kappa shape index (κ1) is 22.1. The average molecular weight is 416 g/mol. The summed E-state index contributed by atoms with van der Waals surface area (Å²) in [6.45, 7) is 1.18. The van der Waals surface area contributed by atoms with E-state index in [4.69, 9.17) is 5.73 Å². The summed E-state index contributed by atoms with van der Waals surface area (Å²) >= 11 is 0. The van der Waals surface area contributed by atoms with E-state index in [1.165, 1.54) is 10.7 Å². The molecule has 1 aliphatic carbocycles. The number of nitrogens with zero attached hydrogens (tertiary/aromatic N) is 2. The summed E-state index contributed by atoms with van der Waals surface area (Å²) in [5.41, 5.74) is 6.26. The lowest BCUT2D eigenvalue weighted by atomic mass is 9.96. The van der Waals surface area contributed by atoms with Gasteiger partial charge in [-0.1, -0.05) is 19.3 Å². The SMILES string of the molecule is CN(C1CCCCC1)S(=O)(=O)c1ccc(C(=O)N2CCCC2CN)cc1.Cl. The second kappa shape index (κ2) is 9.37. The number of rotatable bonds is 5. The highest BCUT2D eigenvalue weighted by Crippen LogP contribution is 2.27. The first-order chi connectivity index (χ1) is 12.4. The van der Waals surface area contributed by atoms with E-state index >= 15 is 0 Å². The highest BCUT2D eigenvalue weighted by Gasteiger charge is 2.30. The molecule has 152 valence electrons. The van der Waals surface area contributed by atoms with Crippen molar-refractivity contribution in [3.8, 4) is 0 Å². The molecule has 0 bridgehead atoms. The highest BCUT2D eigenvalue weighted by atomic mass is 35.5. The maximum Gasteiger partial charge on any atom is 0.254 e. The number of amides is 1. The third kappa shape index (κ3) is 4.65. The van der Waals surface area contributed by atoms with Crippen LogP contribution in [0.3, 0.4) is 0 Å². The molecular weight excluding hydrogens is 386 g/mol. The minimum atomic E-state index is -3.53. The van der Waals surface area contributed by atoms with Gasteiger partial charge in [-0.25, -0.2) is 8.42 Å². The van der Waals surface area contributed by atoms with Gasteiger partial charge in [0, 0.05) is 37.8 Å². The summed E-state index contributed by atoms with van der Waals surface area (Å²) in [6.07, 6.45) is 7.07. The molecule has 6 nitrogen and oxygen atoms in total. The Morgan fingerprint density at radius 1 is 1.11 bits per heavy atom. The lowest BCUT2D eigenvalue weighted by Gasteiger charge is -2.30. The van der Waals surface area contributed by atoms with Gasteiger partial charge < -0.3 is 10.6 Å². The van der Waals surface area contributed by atoms with Crippen LogP contribution in [0.2, 0.25) is 0 Å². The van der Waals surface area contributed by atoms with Crippen LogP contribution in [0.4, 0.5) is 0 Å². The summed E-state index contributed by atoms with van der Waals surface area (Å²) < 4.78 is 27.3. The van der Waals surface area contributed by atoms with Gasteiger partial charge in [0.25, 0.3) is 5.91 Å². The van der Waals surface area contributed by atoms with Gasteiger partial charge in [-0.3, -0.25) is 4.79 Å². The topological polar surface area (TPSA) is 83.7 Å². The van der Waals surface area contributed by atoms with Crippen molar-refractivity contribution >= 4 is 28.3 Å². The quantitative estimate of drug-likeness (QED) is 0.801. The third-order valence-electron chi connectivity index (χ3n) is 5.78. The zero-order valence-corrected chi connectivity index (χ0v) is 17.5. The molecule has 1 heterocycles. The molecule has 1 aromatic carbocycles. The molecule has 1 aliphatic heterocycles. The minimum Gasteiger partial charge on any atom is -0.334 e. The third-order valence-corrected chi connectivity index (χ3v) is 7.70. The van der Waals surface area contributed by atoms with Gasteiger partial charge in [-0.15, -0.1) is 12.4 Å². The Morgan fingerprint density at radius 3 is 2.33 bits per heavy atom. The Hall–Kier alpha value is -1.15. The normalized spacial score (nSPS) is 21.3. The number of carbonyl (C=O) groups excluding carboxylic acids is 1. The zero-order chi connectivity index (χ0) is 18.7. The highest BCUT2D eigenvalue weighted by molar-refractivity contribution is 7.89. The molecule has 8 heteroatoms. The maximum absolute atomic E-state index is 12.9. The van der Waals surface area contributed by atoms with Crippen LogP contribution < -0.4 is 5.73 Å². The largest absolute Gasteiger partial charge is 0.334 e. The molecule has 0 aromatic heterocycles. The van der Waals surface area contributed by atoms with Gasteiger partial charge >= 0.3 is 0 Å². The Bertz CT molecular complexity index is 733. The van der Waals surface area contributed by atoms with Crippen LogP contribution in [-0.2, 0) is 10.0 Å². The van der Waals surface area contributed by atoms with Gasteiger partial charge in [-0.05, 0) is 49.9 Å². The summed E-state index contributed by atoms with van der Waals surface area (Å²) in [5.74, 6) is -0.0671. The smallest absolute Gasteiger partial charge is 0.254 e. The van der Waals surface area contributed by atoms with Gasteiger partial charge in [0.05, 0.1) is 4.90 Å². The van der Waals surface area contributed by atoms with Crippen LogP contribution in [0.1, 0.15) is 55.3 Å². The number of halogens is 1. The fourth-order valence-electron chi connectivity index (χ4n) is 4.09. The fraction of sp³-hybridized carbons (Fsp3) is 0.632. The van der Waals surface area contributed by atoms with Crippen molar-refractivity contribution in [3.05, 3.63) is 29.8 Å². The second-order valence-corrected chi connectivity index (χ2v) is 9.37. The molecular formula is C19H30ClN3O3S. The molecule has 1 saturated carbocycles. The summed E-state index contributed by atoms with van der Waals surface area (Å²) in [7, 11) is -1.86. The van der Waals surface area contributed by atoms with E-state index in [1.54, 1.807) is 36.2 Å². The van der Waals surface area contributed by atoms with E-state index in [0.717, 1.165) is 38.5 Å². The van der Waals surface area contributed by atoms with Crippen LogP contribution >= 0.6 is 12.4 Å². The standard InChI is InChI=1S/C19H29N3O3S.ClH/c1-21(16-6-3-2-4-7-16)26(24,25)18-11-9-15(10-12-18)19(23)22-13-5-8-17(22)14-20;/h9-12,16-17H,2-8,13-14,20H2,1H3;1H. The zero-order valence-electron chi connectivity index (χ0n) is 15.8. The van der Waals surface area contributed by atoms with Crippen molar-refractivity contribution in [1.29, 1.82) is 0 Å². The molecule has 1 saturated heterocycles. The van der Waals surface area contributed by atoms with E-state index in [1.807, 2.05) is 0 Å². The molecule has 1 unspecified atom stereocenters. The molecule has 2 fully saturated rings. The summed E-state index contributed by atoms with van der Waals surface area (Å²) in [4.78, 5) is 14.7. The number of likely N-dealkylation sites (tertiary alicyclic amines) is 1. The van der Waals surface area contributed by atoms with Crippen LogP contribution in [-0.4, -0.2) is 55.8 Å². The number of sulfonamides is 1. The first-order valence-electron chi connectivity index (χ1n) is 9.54. The van der Waals surface area contributed by atoms with Crippen molar-refractivity contribution in [2.24, 2.45) is 5.73 Å². The van der Waals surface area contributed by atoms with Crippen LogP contribution in [0.25, 0.3) is 0 Å². The molecule has 27 heavy (non-hydrogen) atoms. The van der Waals surface area contributed by atoms with E-state index < -0.39 is 10.0 Å². The van der Waals surface area contributed by atoms with Gasteiger partial charge in [0.1, 0.15) is 0 Å². The van der Waals surface area contributed by atoms with Crippen molar-refractivity contribution in [2.45, 2.75) is 61.9 Å². The monoisotopic (exact) mass is 415 g/mol. The Kier molecular flexibility index (Phi) is 7.68. The summed E-state index contributed by atoms with van der Waals surface area (Å²) in [5, 5.41) is 0. The molecule has 1 aromatic rings.